The maximum Gasteiger partial charge on any atom is 0.255 e. The molecule has 0 atom stereocenters. The summed E-state index contributed by atoms with van der Waals surface area (Å²) in [5.74, 6) is 1.31. The van der Waals surface area contributed by atoms with Crippen molar-refractivity contribution >= 4 is 27.9 Å². The lowest BCUT2D eigenvalue weighted by atomic mass is 10.1. The van der Waals surface area contributed by atoms with Gasteiger partial charge in [0.1, 0.15) is 10.8 Å². The quantitative estimate of drug-likeness (QED) is 0.570. The number of benzene rings is 2. The predicted octanol–water partition coefficient (Wildman–Crippen LogP) is 3.81. The normalized spacial score (nSPS) is 10.9. The number of aryl methyl sites for hydroxylation is 1. The van der Waals surface area contributed by atoms with Crippen molar-refractivity contribution in [3.63, 3.8) is 0 Å². The van der Waals surface area contributed by atoms with Crippen molar-refractivity contribution in [1.82, 2.24) is 19.8 Å². The van der Waals surface area contributed by atoms with Crippen LogP contribution in [0.3, 0.4) is 0 Å². The zero-order chi connectivity index (χ0) is 18.8. The molecule has 0 unspecified atom stereocenters. The molecule has 0 saturated carbocycles. The summed E-state index contributed by atoms with van der Waals surface area (Å²) in [7, 11) is 0. The fourth-order valence-electron chi connectivity index (χ4n) is 2.63. The average molecular weight is 379 g/mol. The van der Waals surface area contributed by atoms with Crippen molar-refractivity contribution in [1.29, 1.82) is 0 Å². The first-order valence-electron chi connectivity index (χ1n) is 8.47. The van der Waals surface area contributed by atoms with Crippen LogP contribution >= 0.6 is 11.3 Å². The molecule has 0 aliphatic rings. The molecule has 0 radical (unpaired) electrons. The molecule has 2 heterocycles. The van der Waals surface area contributed by atoms with Gasteiger partial charge in [0.15, 0.2) is 5.82 Å². The standard InChI is InChI=1S/C19H17N5O2S/c1-3-26-16-9-7-13(8-10-16)17(25)20-15-6-4-5-14(11-15)18-23-24-12(2)21-22-19(24)27-18/h4-11H,3H2,1-2H3,(H,20,25). The van der Waals surface area contributed by atoms with Crippen molar-refractivity contribution in [3.05, 3.63) is 59.9 Å². The molecule has 7 nitrogen and oxygen atoms in total. The summed E-state index contributed by atoms with van der Waals surface area (Å²) in [6.07, 6.45) is 0. The van der Waals surface area contributed by atoms with E-state index in [2.05, 4.69) is 20.6 Å². The molecule has 0 saturated heterocycles. The van der Waals surface area contributed by atoms with Gasteiger partial charge in [-0.1, -0.05) is 23.5 Å². The van der Waals surface area contributed by atoms with E-state index in [-0.39, 0.29) is 5.91 Å². The maximum absolute atomic E-state index is 12.5. The number of nitrogens with one attached hydrogen (secondary N) is 1. The van der Waals surface area contributed by atoms with Crippen LogP contribution in [0, 0.1) is 6.92 Å². The zero-order valence-electron chi connectivity index (χ0n) is 14.8. The van der Waals surface area contributed by atoms with Gasteiger partial charge in [0.05, 0.1) is 6.61 Å². The van der Waals surface area contributed by atoms with E-state index < -0.39 is 0 Å². The molecule has 1 amide bonds. The average Bonchev–Trinajstić information content (AvgIpc) is 3.25. The first kappa shape index (κ1) is 17.2. The molecule has 0 fully saturated rings. The smallest absolute Gasteiger partial charge is 0.255 e. The lowest BCUT2D eigenvalue weighted by Crippen LogP contribution is -2.11. The Kier molecular flexibility index (Phi) is 4.55. The van der Waals surface area contributed by atoms with Gasteiger partial charge in [0.25, 0.3) is 5.91 Å². The number of hydrogen-bond donors (Lipinski definition) is 1. The van der Waals surface area contributed by atoms with Crippen molar-refractivity contribution in [2.75, 3.05) is 11.9 Å². The number of ether oxygens (including phenoxy) is 1. The van der Waals surface area contributed by atoms with E-state index in [1.807, 2.05) is 38.1 Å². The minimum atomic E-state index is -0.177. The van der Waals surface area contributed by atoms with Crippen LogP contribution in [0.25, 0.3) is 15.5 Å². The highest BCUT2D eigenvalue weighted by Gasteiger charge is 2.12. The van der Waals surface area contributed by atoms with Crippen LogP contribution in [-0.4, -0.2) is 32.3 Å². The highest BCUT2D eigenvalue weighted by molar-refractivity contribution is 7.19. The molecule has 0 spiro atoms. The minimum Gasteiger partial charge on any atom is -0.494 e. The Bertz CT molecular complexity index is 1100. The number of fused-ring (bicyclic) bond motifs is 1. The van der Waals surface area contributed by atoms with Gasteiger partial charge in [-0.3, -0.25) is 4.79 Å². The van der Waals surface area contributed by atoms with E-state index in [4.69, 9.17) is 4.74 Å². The highest BCUT2D eigenvalue weighted by atomic mass is 32.1. The van der Waals surface area contributed by atoms with E-state index >= 15 is 0 Å². The summed E-state index contributed by atoms with van der Waals surface area (Å²) in [6.45, 7) is 4.37. The minimum absolute atomic E-state index is 0.177. The number of aromatic nitrogens is 4. The molecule has 0 aliphatic heterocycles. The Morgan fingerprint density at radius 3 is 2.74 bits per heavy atom. The van der Waals surface area contributed by atoms with Gasteiger partial charge in [-0.15, -0.1) is 10.2 Å². The number of nitrogens with zero attached hydrogens (tertiary/aromatic N) is 4. The van der Waals surface area contributed by atoms with E-state index in [0.29, 0.717) is 17.9 Å². The van der Waals surface area contributed by atoms with Gasteiger partial charge in [-0.25, -0.2) is 0 Å². The highest BCUT2D eigenvalue weighted by Crippen LogP contribution is 2.27. The maximum atomic E-state index is 12.5. The third-order valence-electron chi connectivity index (χ3n) is 3.94. The van der Waals surface area contributed by atoms with Gasteiger partial charge in [0.2, 0.25) is 4.96 Å². The molecule has 1 N–H and O–H groups in total. The molecular formula is C19H17N5O2S. The topological polar surface area (TPSA) is 81.4 Å². The Labute approximate surface area is 159 Å². The SMILES string of the molecule is CCOc1ccc(C(=O)Nc2cccc(-c3nn4c(C)nnc4s3)c2)cc1. The van der Waals surface area contributed by atoms with Gasteiger partial charge in [-0.2, -0.15) is 9.61 Å². The van der Waals surface area contributed by atoms with Crippen molar-refractivity contribution in [2.24, 2.45) is 0 Å². The lowest BCUT2D eigenvalue weighted by molar-refractivity contribution is 0.102. The second kappa shape index (κ2) is 7.16. The van der Waals surface area contributed by atoms with E-state index in [1.165, 1.54) is 11.3 Å². The molecule has 2 aromatic carbocycles. The molecule has 27 heavy (non-hydrogen) atoms. The fraction of sp³-hybridized carbons (Fsp3) is 0.158. The van der Waals surface area contributed by atoms with Gasteiger partial charge in [0, 0.05) is 16.8 Å². The van der Waals surface area contributed by atoms with E-state index in [9.17, 15) is 4.79 Å². The zero-order valence-corrected chi connectivity index (χ0v) is 15.7. The molecule has 0 bridgehead atoms. The number of hydrogen-bond acceptors (Lipinski definition) is 6. The molecule has 8 heteroatoms. The number of carbonyl (C=O) groups excluding carboxylic acids is 1. The monoisotopic (exact) mass is 379 g/mol. The van der Waals surface area contributed by atoms with Gasteiger partial charge in [-0.05, 0) is 50.2 Å². The summed E-state index contributed by atoms with van der Waals surface area (Å²) in [5, 5.41) is 16.4. The van der Waals surface area contributed by atoms with Crippen LogP contribution in [-0.2, 0) is 0 Å². The third-order valence-corrected chi connectivity index (χ3v) is 4.89. The summed E-state index contributed by atoms with van der Waals surface area (Å²) in [4.78, 5) is 13.2. The summed E-state index contributed by atoms with van der Waals surface area (Å²) < 4.78 is 7.11. The summed E-state index contributed by atoms with van der Waals surface area (Å²) in [5.41, 5.74) is 2.18. The first-order valence-corrected chi connectivity index (χ1v) is 9.29. The van der Waals surface area contributed by atoms with Gasteiger partial charge < -0.3 is 10.1 Å². The summed E-state index contributed by atoms with van der Waals surface area (Å²) >= 11 is 1.45. The molecule has 4 rings (SSSR count). The van der Waals surface area contributed by atoms with Crippen LogP contribution in [0.2, 0.25) is 0 Å². The largest absolute Gasteiger partial charge is 0.494 e. The molecule has 4 aromatic rings. The van der Waals surface area contributed by atoms with Gasteiger partial charge >= 0.3 is 0 Å². The Hall–Kier alpha value is -3.26. The molecular weight excluding hydrogens is 362 g/mol. The molecule has 2 aromatic heterocycles. The Morgan fingerprint density at radius 1 is 1.19 bits per heavy atom. The van der Waals surface area contributed by atoms with E-state index in [1.54, 1.807) is 28.8 Å². The second-order valence-corrected chi connectivity index (χ2v) is 6.80. The predicted molar refractivity (Wildman–Crippen MR) is 104 cm³/mol. The van der Waals surface area contributed by atoms with E-state index in [0.717, 1.165) is 27.1 Å². The lowest BCUT2D eigenvalue weighted by Gasteiger charge is -2.07. The van der Waals surface area contributed by atoms with Crippen molar-refractivity contribution in [2.45, 2.75) is 13.8 Å². The van der Waals surface area contributed by atoms with Crippen molar-refractivity contribution in [3.8, 4) is 16.3 Å². The number of amides is 1. The van der Waals surface area contributed by atoms with Crippen LogP contribution in [0.5, 0.6) is 5.75 Å². The number of carbonyl (C=O) groups is 1. The Morgan fingerprint density at radius 2 is 2.00 bits per heavy atom. The fourth-order valence-corrected chi connectivity index (χ4v) is 3.52. The number of anilines is 1. The Balaban J connectivity index is 1.54. The molecule has 136 valence electrons. The summed E-state index contributed by atoms with van der Waals surface area (Å²) in [6, 6.07) is 14.7. The first-order chi connectivity index (χ1) is 13.1. The number of rotatable bonds is 5. The molecule has 0 aliphatic carbocycles. The second-order valence-electron chi connectivity index (χ2n) is 5.84. The van der Waals surface area contributed by atoms with Crippen LogP contribution in [0.1, 0.15) is 23.1 Å². The third kappa shape index (κ3) is 3.52. The van der Waals surface area contributed by atoms with Crippen LogP contribution in [0.4, 0.5) is 5.69 Å². The van der Waals surface area contributed by atoms with Crippen LogP contribution < -0.4 is 10.1 Å². The van der Waals surface area contributed by atoms with Crippen molar-refractivity contribution < 1.29 is 9.53 Å². The van der Waals surface area contributed by atoms with Crippen LogP contribution in [0.15, 0.2) is 48.5 Å².